The first-order chi connectivity index (χ1) is 17.6. The zero-order chi connectivity index (χ0) is 24.2. The fourth-order valence-corrected chi connectivity index (χ4v) is 5.73. The summed E-state index contributed by atoms with van der Waals surface area (Å²) in [5, 5.41) is 22.9. The third kappa shape index (κ3) is 3.80. The number of phenolic OH excluding ortho intramolecular Hbond substituents is 1. The van der Waals surface area contributed by atoms with Crippen LogP contribution in [0.3, 0.4) is 0 Å². The van der Waals surface area contributed by atoms with E-state index in [4.69, 9.17) is 9.47 Å². The number of piperidine rings is 1. The summed E-state index contributed by atoms with van der Waals surface area (Å²) in [5.74, 6) is 2.02. The SMILES string of the molecule is Oc1cc(-c2cnc3c(c2)OCCO3)ccc1-c1ncc(N(C2CC2)[C@H]2C[C@@H]3CC[C@@H](N3)[C@H]2F)nn1. The van der Waals surface area contributed by atoms with E-state index in [0.29, 0.717) is 54.1 Å². The Morgan fingerprint density at radius 1 is 0.972 bits per heavy atom. The highest BCUT2D eigenvalue weighted by Gasteiger charge is 2.48. The van der Waals surface area contributed by atoms with Crippen LogP contribution in [-0.2, 0) is 0 Å². The molecule has 2 bridgehead atoms. The van der Waals surface area contributed by atoms with E-state index >= 15 is 4.39 Å². The lowest BCUT2D eigenvalue weighted by atomic mass is 9.96. The number of nitrogens with one attached hydrogen (secondary N) is 1. The maximum absolute atomic E-state index is 15.3. The Hall–Kier alpha value is -3.53. The number of rotatable bonds is 5. The van der Waals surface area contributed by atoms with Crippen molar-refractivity contribution >= 4 is 5.82 Å². The second-order valence-electron chi connectivity index (χ2n) is 10.0. The fourth-order valence-electron chi connectivity index (χ4n) is 5.73. The Bertz CT molecular complexity index is 1290. The van der Waals surface area contributed by atoms with E-state index in [1.165, 1.54) is 0 Å². The second-order valence-corrected chi connectivity index (χ2v) is 10.0. The molecule has 2 N–H and O–H groups in total. The van der Waals surface area contributed by atoms with Crippen molar-refractivity contribution in [1.82, 2.24) is 25.5 Å². The Kier molecular flexibility index (Phi) is 5.16. The zero-order valence-corrected chi connectivity index (χ0v) is 19.7. The molecule has 1 saturated carbocycles. The number of hydrogen-bond donors (Lipinski definition) is 2. The summed E-state index contributed by atoms with van der Waals surface area (Å²) < 4.78 is 26.4. The van der Waals surface area contributed by atoms with Gasteiger partial charge in [0.05, 0.1) is 17.8 Å². The summed E-state index contributed by atoms with van der Waals surface area (Å²) in [4.78, 5) is 10.9. The number of ether oxygens (including phenoxy) is 2. The highest BCUT2D eigenvalue weighted by molar-refractivity contribution is 5.73. The van der Waals surface area contributed by atoms with Gasteiger partial charge >= 0.3 is 0 Å². The molecule has 3 fully saturated rings. The Balaban J connectivity index is 1.14. The van der Waals surface area contributed by atoms with Crippen LogP contribution in [0.5, 0.6) is 17.4 Å². The van der Waals surface area contributed by atoms with Gasteiger partial charge in [0.1, 0.15) is 25.1 Å². The van der Waals surface area contributed by atoms with Crippen LogP contribution in [-0.4, -0.2) is 68.8 Å². The van der Waals surface area contributed by atoms with Crippen LogP contribution in [0.25, 0.3) is 22.5 Å². The maximum Gasteiger partial charge on any atom is 0.257 e. The predicted molar refractivity (Wildman–Crippen MR) is 130 cm³/mol. The second kappa shape index (κ2) is 8.55. The molecule has 9 nitrogen and oxygen atoms in total. The molecule has 4 atom stereocenters. The summed E-state index contributed by atoms with van der Waals surface area (Å²) in [6.45, 7) is 0.957. The Morgan fingerprint density at radius 3 is 2.67 bits per heavy atom. The summed E-state index contributed by atoms with van der Waals surface area (Å²) in [6.07, 6.45) is 7.18. The molecule has 186 valence electrons. The van der Waals surface area contributed by atoms with Crippen molar-refractivity contribution in [2.75, 3.05) is 18.1 Å². The van der Waals surface area contributed by atoms with Gasteiger partial charge in [-0.15, -0.1) is 10.2 Å². The van der Waals surface area contributed by atoms with Crippen molar-refractivity contribution in [1.29, 1.82) is 0 Å². The third-order valence-electron chi connectivity index (χ3n) is 7.64. The molecule has 2 aromatic heterocycles. The first-order valence-electron chi connectivity index (χ1n) is 12.6. The number of nitrogens with zero attached hydrogens (tertiary/aromatic N) is 5. The molecule has 36 heavy (non-hydrogen) atoms. The number of fused-ring (bicyclic) bond motifs is 3. The quantitative estimate of drug-likeness (QED) is 0.557. The number of pyridine rings is 1. The first-order valence-corrected chi connectivity index (χ1v) is 12.6. The van der Waals surface area contributed by atoms with Crippen molar-refractivity contribution in [3.8, 4) is 39.9 Å². The molecule has 2 saturated heterocycles. The van der Waals surface area contributed by atoms with Gasteiger partial charge in [-0.2, -0.15) is 0 Å². The van der Waals surface area contributed by atoms with Crippen LogP contribution >= 0.6 is 0 Å². The van der Waals surface area contributed by atoms with Crippen molar-refractivity contribution in [2.45, 2.75) is 62.4 Å². The van der Waals surface area contributed by atoms with Gasteiger partial charge < -0.3 is 24.8 Å². The van der Waals surface area contributed by atoms with Gasteiger partial charge in [0.2, 0.25) is 0 Å². The van der Waals surface area contributed by atoms with E-state index < -0.39 is 6.17 Å². The van der Waals surface area contributed by atoms with Crippen LogP contribution in [0.2, 0.25) is 0 Å². The molecule has 3 aliphatic heterocycles. The smallest absolute Gasteiger partial charge is 0.257 e. The van der Waals surface area contributed by atoms with Gasteiger partial charge in [0, 0.05) is 29.9 Å². The van der Waals surface area contributed by atoms with Gasteiger partial charge in [-0.3, -0.25) is 0 Å². The van der Waals surface area contributed by atoms with Crippen LogP contribution < -0.4 is 19.7 Å². The molecule has 10 heteroatoms. The molecular weight excluding hydrogens is 463 g/mol. The number of aromatic nitrogens is 4. The average molecular weight is 491 g/mol. The molecule has 4 aliphatic rings. The first kappa shape index (κ1) is 21.7. The number of alkyl halides is 1. The van der Waals surface area contributed by atoms with E-state index in [1.54, 1.807) is 24.5 Å². The largest absolute Gasteiger partial charge is 0.507 e. The van der Waals surface area contributed by atoms with Crippen LogP contribution in [0.1, 0.15) is 32.1 Å². The molecular formula is C26H27FN6O3. The molecule has 1 aromatic carbocycles. The molecule has 0 radical (unpaired) electrons. The highest BCUT2D eigenvalue weighted by atomic mass is 19.1. The monoisotopic (exact) mass is 490 g/mol. The molecule has 1 aliphatic carbocycles. The lowest BCUT2D eigenvalue weighted by molar-refractivity contribution is 0.164. The van der Waals surface area contributed by atoms with Crippen LogP contribution in [0.15, 0.2) is 36.7 Å². The third-order valence-corrected chi connectivity index (χ3v) is 7.64. The Morgan fingerprint density at radius 2 is 1.86 bits per heavy atom. The van der Waals surface area contributed by atoms with Crippen molar-refractivity contribution in [3.05, 3.63) is 36.7 Å². The summed E-state index contributed by atoms with van der Waals surface area (Å²) in [5.41, 5.74) is 2.05. The standard InChI is InChI=1S/C26H27FN6O3/c27-24-19-6-2-16(30-19)11-20(24)33(17-3-4-17)23-13-28-25(32-31-23)18-5-1-14(9-21(18)34)15-10-22-26(29-12-15)36-8-7-35-22/h1,5,9-10,12-13,16-17,19-20,24,30,34H,2-4,6-8,11H2/t16-,19+,20-,24+/m0/s1. The number of hydrogen-bond acceptors (Lipinski definition) is 9. The van der Waals surface area contributed by atoms with Crippen molar-refractivity contribution < 1.29 is 19.0 Å². The molecule has 7 rings (SSSR count). The van der Waals surface area contributed by atoms with E-state index in [1.807, 2.05) is 12.1 Å². The number of aromatic hydroxyl groups is 1. The van der Waals surface area contributed by atoms with Gasteiger partial charge in [-0.25, -0.2) is 14.4 Å². The minimum atomic E-state index is -0.933. The number of benzene rings is 1. The number of halogens is 1. The van der Waals surface area contributed by atoms with Gasteiger partial charge in [0.25, 0.3) is 5.88 Å². The highest BCUT2D eigenvalue weighted by Crippen LogP contribution is 2.40. The Labute approximate surface area is 207 Å². The minimum absolute atomic E-state index is 0.0368. The van der Waals surface area contributed by atoms with Crippen molar-refractivity contribution in [2.24, 2.45) is 0 Å². The molecule has 0 unspecified atom stereocenters. The maximum atomic E-state index is 15.3. The topological polar surface area (TPSA) is 106 Å². The normalized spacial score (nSPS) is 26.6. The molecule has 0 amide bonds. The van der Waals surface area contributed by atoms with Gasteiger partial charge in [-0.1, -0.05) is 6.07 Å². The van der Waals surface area contributed by atoms with Crippen LogP contribution in [0, 0.1) is 0 Å². The summed E-state index contributed by atoms with van der Waals surface area (Å²) in [6, 6.07) is 7.51. The van der Waals surface area contributed by atoms with E-state index in [-0.39, 0.29) is 17.8 Å². The minimum Gasteiger partial charge on any atom is -0.507 e. The van der Waals surface area contributed by atoms with Gasteiger partial charge in [-0.05, 0) is 55.9 Å². The zero-order valence-electron chi connectivity index (χ0n) is 19.7. The lowest BCUT2D eigenvalue weighted by Gasteiger charge is -2.40. The molecule has 0 spiro atoms. The van der Waals surface area contributed by atoms with Crippen LogP contribution in [0.4, 0.5) is 10.2 Å². The lowest BCUT2D eigenvalue weighted by Crippen LogP contribution is -2.57. The molecule has 3 aromatic rings. The molecule has 5 heterocycles. The fraction of sp³-hybridized carbons (Fsp3) is 0.462. The summed E-state index contributed by atoms with van der Waals surface area (Å²) in [7, 11) is 0. The summed E-state index contributed by atoms with van der Waals surface area (Å²) >= 11 is 0. The number of phenols is 1. The van der Waals surface area contributed by atoms with Gasteiger partial charge in [0.15, 0.2) is 17.4 Å². The predicted octanol–water partition coefficient (Wildman–Crippen LogP) is 3.28. The van der Waals surface area contributed by atoms with E-state index in [2.05, 4.69) is 30.4 Å². The number of anilines is 1. The van der Waals surface area contributed by atoms with Crippen molar-refractivity contribution in [3.63, 3.8) is 0 Å². The van der Waals surface area contributed by atoms with E-state index in [9.17, 15) is 5.11 Å². The average Bonchev–Trinajstić information content (AvgIpc) is 3.66. The van der Waals surface area contributed by atoms with E-state index in [0.717, 1.165) is 43.2 Å².